The molecular formula is C13H14N4O4. The average Bonchev–Trinajstić information content (AvgIpc) is 2.82. The standard InChI is InChI=1S/C13H14N4O4/c18-8-3-4-17-11(12(8)20)13(21)16-5-7-1-2-10(19)15(7)6-9(16)14-17/h3-4,7,9,14,20H,1-2,5-6H2. The Hall–Kier alpha value is -2.51. The van der Waals surface area contributed by atoms with Crippen molar-refractivity contribution in [2.24, 2.45) is 0 Å². The summed E-state index contributed by atoms with van der Waals surface area (Å²) in [6.07, 6.45) is 2.33. The zero-order valence-electron chi connectivity index (χ0n) is 11.2. The van der Waals surface area contributed by atoms with Gasteiger partial charge in [0, 0.05) is 25.2 Å². The smallest absolute Gasteiger partial charge is 0.278 e. The normalized spacial score (nSPS) is 27.0. The fourth-order valence-electron chi connectivity index (χ4n) is 3.34. The molecule has 1 aromatic rings. The van der Waals surface area contributed by atoms with Gasteiger partial charge in [-0.3, -0.25) is 19.1 Å². The van der Waals surface area contributed by atoms with E-state index in [9.17, 15) is 19.5 Å². The fourth-order valence-corrected chi connectivity index (χ4v) is 3.34. The Morgan fingerprint density at radius 1 is 1.19 bits per heavy atom. The van der Waals surface area contributed by atoms with Crippen molar-refractivity contribution in [2.75, 3.05) is 18.5 Å². The number of hydrogen-bond acceptors (Lipinski definition) is 5. The van der Waals surface area contributed by atoms with Gasteiger partial charge in [-0.1, -0.05) is 0 Å². The maximum atomic E-state index is 12.6. The topological polar surface area (TPSA) is 94.9 Å². The van der Waals surface area contributed by atoms with Crippen LogP contribution in [-0.2, 0) is 4.79 Å². The summed E-state index contributed by atoms with van der Waals surface area (Å²) in [5.41, 5.74) is 2.44. The Morgan fingerprint density at radius 2 is 2.00 bits per heavy atom. The van der Waals surface area contributed by atoms with Crippen molar-refractivity contribution in [1.82, 2.24) is 14.5 Å². The van der Waals surface area contributed by atoms with Crippen LogP contribution in [0.5, 0.6) is 5.75 Å². The summed E-state index contributed by atoms with van der Waals surface area (Å²) in [7, 11) is 0. The zero-order valence-corrected chi connectivity index (χ0v) is 11.2. The third kappa shape index (κ3) is 1.58. The number of piperazine rings is 1. The molecule has 21 heavy (non-hydrogen) atoms. The number of nitrogens with one attached hydrogen (secondary N) is 1. The predicted octanol–water partition coefficient (Wildman–Crippen LogP) is -1.12. The van der Waals surface area contributed by atoms with E-state index in [-0.39, 0.29) is 29.7 Å². The number of nitrogens with zero attached hydrogens (tertiary/aromatic N) is 3. The Balaban J connectivity index is 1.75. The van der Waals surface area contributed by atoms with Crippen LogP contribution in [0.1, 0.15) is 23.3 Å². The van der Waals surface area contributed by atoms with Gasteiger partial charge in [0.15, 0.2) is 11.4 Å². The van der Waals surface area contributed by atoms with Gasteiger partial charge < -0.3 is 20.3 Å². The Bertz CT molecular complexity index is 713. The summed E-state index contributed by atoms with van der Waals surface area (Å²) >= 11 is 0. The molecular weight excluding hydrogens is 276 g/mol. The lowest BCUT2D eigenvalue weighted by Crippen LogP contribution is -2.65. The van der Waals surface area contributed by atoms with Crippen molar-refractivity contribution < 1.29 is 14.7 Å². The number of rotatable bonds is 0. The molecule has 2 N–H and O–H groups in total. The number of pyridine rings is 1. The lowest BCUT2D eigenvalue weighted by atomic mass is 10.1. The third-order valence-electron chi connectivity index (χ3n) is 4.43. The maximum absolute atomic E-state index is 12.6. The summed E-state index contributed by atoms with van der Waals surface area (Å²) in [4.78, 5) is 39.3. The Labute approximate surface area is 119 Å². The van der Waals surface area contributed by atoms with Gasteiger partial charge in [0.25, 0.3) is 5.91 Å². The van der Waals surface area contributed by atoms with Crippen molar-refractivity contribution >= 4 is 11.8 Å². The van der Waals surface area contributed by atoms with Crippen LogP contribution in [-0.4, -0.2) is 56.7 Å². The van der Waals surface area contributed by atoms with Crippen LogP contribution < -0.4 is 10.9 Å². The van der Waals surface area contributed by atoms with Crippen molar-refractivity contribution in [1.29, 1.82) is 0 Å². The van der Waals surface area contributed by atoms with Gasteiger partial charge >= 0.3 is 0 Å². The molecule has 2 fully saturated rings. The van der Waals surface area contributed by atoms with Gasteiger partial charge in [-0.2, -0.15) is 0 Å². The van der Waals surface area contributed by atoms with E-state index >= 15 is 0 Å². The molecule has 0 aromatic carbocycles. The number of fused-ring (bicyclic) bond motifs is 3. The molecule has 4 heterocycles. The summed E-state index contributed by atoms with van der Waals surface area (Å²) in [6.45, 7) is 0.840. The van der Waals surface area contributed by atoms with Gasteiger partial charge in [-0.25, -0.2) is 0 Å². The van der Waals surface area contributed by atoms with E-state index in [1.54, 1.807) is 9.80 Å². The minimum atomic E-state index is -0.579. The number of aromatic hydroxyl groups is 1. The molecule has 110 valence electrons. The van der Waals surface area contributed by atoms with E-state index in [4.69, 9.17) is 0 Å². The predicted molar refractivity (Wildman–Crippen MR) is 71.3 cm³/mol. The van der Waals surface area contributed by atoms with Gasteiger partial charge in [-0.05, 0) is 6.42 Å². The summed E-state index contributed by atoms with van der Waals surface area (Å²) < 4.78 is 1.36. The van der Waals surface area contributed by atoms with Crippen LogP contribution in [0.3, 0.4) is 0 Å². The second kappa shape index (κ2) is 4.00. The Morgan fingerprint density at radius 3 is 2.81 bits per heavy atom. The number of hydrogen-bond donors (Lipinski definition) is 2. The van der Waals surface area contributed by atoms with Crippen molar-refractivity contribution in [3.63, 3.8) is 0 Å². The molecule has 8 heteroatoms. The van der Waals surface area contributed by atoms with Gasteiger partial charge in [0.2, 0.25) is 11.3 Å². The molecule has 2 saturated heterocycles. The largest absolute Gasteiger partial charge is 0.502 e. The summed E-state index contributed by atoms with van der Waals surface area (Å²) in [5.74, 6) is -0.811. The number of amides is 2. The highest BCUT2D eigenvalue weighted by Gasteiger charge is 2.45. The lowest BCUT2D eigenvalue weighted by molar-refractivity contribution is -0.131. The number of aromatic nitrogens is 1. The zero-order chi connectivity index (χ0) is 14.7. The van der Waals surface area contributed by atoms with E-state index in [2.05, 4.69) is 5.43 Å². The molecule has 3 aliphatic heterocycles. The SMILES string of the molecule is O=C1CCC2CN3C(=O)c4c(O)c(=O)ccn4NC3CN12. The first-order valence-corrected chi connectivity index (χ1v) is 6.88. The van der Waals surface area contributed by atoms with Crippen molar-refractivity contribution in [2.45, 2.75) is 25.0 Å². The second-order valence-corrected chi connectivity index (χ2v) is 5.59. The molecule has 3 aliphatic rings. The van der Waals surface area contributed by atoms with E-state index in [1.165, 1.54) is 16.9 Å². The highest BCUT2D eigenvalue weighted by molar-refractivity contribution is 5.96. The van der Waals surface area contributed by atoms with Gasteiger partial charge in [0.05, 0.1) is 12.6 Å². The first kappa shape index (κ1) is 12.2. The number of carbonyl (C=O) groups is 2. The van der Waals surface area contributed by atoms with Crippen LogP contribution in [0.2, 0.25) is 0 Å². The average molecular weight is 290 g/mol. The third-order valence-corrected chi connectivity index (χ3v) is 4.43. The quantitative estimate of drug-likeness (QED) is 0.631. The molecule has 1 aromatic heterocycles. The number of carbonyl (C=O) groups excluding carboxylic acids is 2. The van der Waals surface area contributed by atoms with Crippen LogP contribution in [0, 0.1) is 0 Å². The van der Waals surface area contributed by atoms with Crippen LogP contribution in [0.15, 0.2) is 17.1 Å². The first-order chi connectivity index (χ1) is 10.1. The fraction of sp³-hybridized carbons (Fsp3) is 0.462. The summed E-state index contributed by atoms with van der Waals surface area (Å²) in [5, 5.41) is 9.85. The monoisotopic (exact) mass is 290 g/mol. The van der Waals surface area contributed by atoms with Crippen LogP contribution in [0.25, 0.3) is 0 Å². The molecule has 8 nitrogen and oxygen atoms in total. The highest BCUT2D eigenvalue weighted by Crippen LogP contribution is 2.29. The minimum absolute atomic E-state index is 0.0311. The first-order valence-electron chi connectivity index (χ1n) is 6.88. The van der Waals surface area contributed by atoms with Gasteiger partial charge in [-0.15, -0.1) is 0 Å². The molecule has 0 radical (unpaired) electrons. The highest BCUT2D eigenvalue weighted by atomic mass is 16.3. The van der Waals surface area contributed by atoms with E-state index in [0.29, 0.717) is 19.5 Å². The van der Waals surface area contributed by atoms with Crippen LogP contribution in [0.4, 0.5) is 0 Å². The minimum Gasteiger partial charge on any atom is -0.502 e. The van der Waals surface area contributed by atoms with Gasteiger partial charge in [0.1, 0.15) is 6.17 Å². The molecule has 2 atom stereocenters. The molecule has 0 aliphatic carbocycles. The molecule has 0 spiro atoms. The molecule has 2 amide bonds. The van der Waals surface area contributed by atoms with Crippen molar-refractivity contribution in [3.8, 4) is 5.75 Å². The Kier molecular flexibility index (Phi) is 2.33. The van der Waals surface area contributed by atoms with Crippen LogP contribution >= 0.6 is 0 Å². The second-order valence-electron chi connectivity index (χ2n) is 5.59. The van der Waals surface area contributed by atoms with E-state index < -0.39 is 11.2 Å². The molecule has 0 saturated carbocycles. The lowest BCUT2D eigenvalue weighted by Gasteiger charge is -2.46. The van der Waals surface area contributed by atoms with E-state index in [1.807, 2.05) is 0 Å². The van der Waals surface area contributed by atoms with Crippen molar-refractivity contribution in [3.05, 3.63) is 28.2 Å². The molecule has 4 rings (SSSR count). The maximum Gasteiger partial charge on any atom is 0.278 e. The molecule has 2 unspecified atom stereocenters. The summed E-state index contributed by atoms with van der Waals surface area (Å²) in [6, 6.07) is 1.23. The van der Waals surface area contributed by atoms with E-state index in [0.717, 1.165) is 6.42 Å². The molecule has 0 bridgehead atoms.